The number of carbonyl (C=O) groups excluding carboxylic acids is 3. The minimum atomic E-state index is -0.666. The number of hydrogen-bond acceptors (Lipinski definition) is 5. The zero-order valence-electron chi connectivity index (χ0n) is 17.2. The largest absolute Gasteiger partial charge is 0.452 e. The number of nitrogens with zero attached hydrogens (tertiary/aromatic N) is 1. The van der Waals surface area contributed by atoms with E-state index in [0.29, 0.717) is 38.4 Å². The smallest absolute Gasteiger partial charge is 0.339 e. The normalized spacial score (nSPS) is 10.6. The maximum absolute atomic E-state index is 12.9. The van der Waals surface area contributed by atoms with Crippen molar-refractivity contribution in [2.75, 3.05) is 11.9 Å². The van der Waals surface area contributed by atoms with Crippen LogP contribution in [0.2, 0.25) is 5.02 Å². The predicted octanol–water partition coefficient (Wildman–Crippen LogP) is 4.45. The van der Waals surface area contributed by atoms with Gasteiger partial charge in [0.15, 0.2) is 6.61 Å². The van der Waals surface area contributed by atoms with Crippen molar-refractivity contribution in [1.82, 2.24) is 4.98 Å². The number of hydrogen-bond donors (Lipinski definition) is 2. The molecule has 0 aliphatic heterocycles. The average Bonchev–Trinajstić information content (AvgIpc) is 2.82. The van der Waals surface area contributed by atoms with Gasteiger partial charge in [0.05, 0.1) is 16.8 Å². The number of nitrogens with one attached hydrogen (secondary N) is 1. The summed E-state index contributed by atoms with van der Waals surface area (Å²) in [7, 11) is 0. The molecule has 0 radical (unpaired) electrons. The third-order valence-corrected chi connectivity index (χ3v) is 5.20. The number of amides is 2. The van der Waals surface area contributed by atoms with E-state index >= 15 is 0 Å². The number of esters is 1. The van der Waals surface area contributed by atoms with Gasteiger partial charge < -0.3 is 15.8 Å². The van der Waals surface area contributed by atoms with Gasteiger partial charge in [0.2, 0.25) is 5.91 Å². The van der Waals surface area contributed by atoms with Gasteiger partial charge in [-0.2, -0.15) is 0 Å². The molecule has 164 valence electrons. The Balaban J connectivity index is 1.53. The van der Waals surface area contributed by atoms with E-state index in [9.17, 15) is 14.4 Å². The Hall–Kier alpha value is -4.23. The average molecular weight is 460 g/mol. The van der Waals surface area contributed by atoms with Crippen LogP contribution in [-0.2, 0) is 9.53 Å². The van der Waals surface area contributed by atoms with Crippen LogP contribution in [0.4, 0.5) is 5.69 Å². The molecule has 0 bridgehead atoms. The van der Waals surface area contributed by atoms with Gasteiger partial charge in [0, 0.05) is 27.2 Å². The number of ether oxygens (including phenoxy) is 1. The lowest BCUT2D eigenvalue weighted by atomic mass is 10.0. The van der Waals surface area contributed by atoms with E-state index in [0.717, 1.165) is 0 Å². The summed E-state index contributed by atoms with van der Waals surface area (Å²) in [6.07, 6.45) is 0. The summed E-state index contributed by atoms with van der Waals surface area (Å²) >= 11 is 6.31. The van der Waals surface area contributed by atoms with Gasteiger partial charge in [-0.25, -0.2) is 9.78 Å². The van der Waals surface area contributed by atoms with Crippen molar-refractivity contribution in [3.63, 3.8) is 0 Å². The Morgan fingerprint density at radius 2 is 1.64 bits per heavy atom. The number of nitrogens with two attached hydrogens (primary N) is 1. The van der Waals surface area contributed by atoms with Gasteiger partial charge in [-0.05, 0) is 42.5 Å². The highest BCUT2D eigenvalue weighted by Gasteiger charge is 2.17. The lowest BCUT2D eigenvalue weighted by molar-refractivity contribution is -0.119. The molecule has 0 fully saturated rings. The second kappa shape index (κ2) is 9.50. The van der Waals surface area contributed by atoms with E-state index in [1.165, 1.54) is 24.3 Å². The van der Waals surface area contributed by atoms with Gasteiger partial charge in [0.1, 0.15) is 0 Å². The molecule has 0 unspecified atom stereocenters. The molecule has 0 atom stereocenters. The van der Waals surface area contributed by atoms with Crippen molar-refractivity contribution in [2.45, 2.75) is 0 Å². The zero-order chi connectivity index (χ0) is 23.4. The van der Waals surface area contributed by atoms with Crippen LogP contribution in [0.15, 0.2) is 78.9 Å². The lowest BCUT2D eigenvalue weighted by Gasteiger charge is -2.11. The molecular formula is C25H18ClN3O4. The Morgan fingerprint density at radius 1 is 0.939 bits per heavy atom. The molecule has 0 spiro atoms. The molecule has 0 saturated carbocycles. The minimum Gasteiger partial charge on any atom is -0.452 e. The standard InChI is InChI=1S/C25H18ClN3O4/c26-20-7-3-1-6-18(20)22-13-19(17-5-2-4-8-21(17)29-22)25(32)33-14-23(30)28-16-11-9-15(10-12-16)24(27)31/h1-13H,14H2,(H2,27,31)(H,28,30). The van der Waals surface area contributed by atoms with Crippen molar-refractivity contribution in [3.8, 4) is 11.3 Å². The number of anilines is 1. The molecule has 1 aromatic heterocycles. The van der Waals surface area contributed by atoms with Crippen molar-refractivity contribution in [2.24, 2.45) is 5.73 Å². The molecule has 1 heterocycles. The van der Waals surface area contributed by atoms with E-state index < -0.39 is 24.4 Å². The van der Waals surface area contributed by atoms with E-state index in [1.54, 1.807) is 30.3 Å². The van der Waals surface area contributed by atoms with Crippen molar-refractivity contribution in [1.29, 1.82) is 0 Å². The third kappa shape index (κ3) is 4.99. The van der Waals surface area contributed by atoms with Crippen LogP contribution in [0.1, 0.15) is 20.7 Å². The monoisotopic (exact) mass is 459 g/mol. The Labute approximate surface area is 194 Å². The summed E-state index contributed by atoms with van der Waals surface area (Å²) in [6.45, 7) is -0.492. The topological polar surface area (TPSA) is 111 Å². The first-order valence-electron chi connectivity index (χ1n) is 9.94. The molecule has 2 amide bonds. The Bertz CT molecular complexity index is 1370. The maximum atomic E-state index is 12.9. The summed E-state index contributed by atoms with van der Waals surface area (Å²) in [5.41, 5.74) is 8.03. The number of halogens is 1. The first-order valence-corrected chi connectivity index (χ1v) is 10.3. The zero-order valence-corrected chi connectivity index (χ0v) is 18.0. The van der Waals surface area contributed by atoms with Crippen LogP contribution < -0.4 is 11.1 Å². The van der Waals surface area contributed by atoms with Gasteiger partial charge in [-0.1, -0.05) is 48.0 Å². The molecule has 0 saturated heterocycles. The number of para-hydroxylation sites is 1. The van der Waals surface area contributed by atoms with Crippen molar-refractivity contribution in [3.05, 3.63) is 95.0 Å². The van der Waals surface area contributed by atoms with Crippen LogP contribution >= 0.6 is 11.6 Å². The summed E-state index contributed by atoms with van der Waals surface area (Å²) in [4.78, 5) is 40.9. The van der Waals surface area contributed by atoms with Crippen LogP contribution in [0.3, 0.4) is 0 Å². The highest BCUT2D eigenvalue weighted by Crippen LogP contribution is 2.30. The van der Waals surface area contributed by atoms with Crippen LogP contribution in [0, 0.1) is 0 Å². The highest BCUT2D eigenvalue weighted by molar-refractivity contribution is 6.33. The van der Waals surface area contributed by atoms with Gasteiger partial charge in [0.25, 0.3) is 5.91 Å². The molecule has 33 heavy (non-hydrogen) atoms. The van der Waals surface area contributed by atoms with Crippen LogP contribution in [-0.4, -0.2) is 29.4 Å². The van der Waals surface area contributed by atoms with E-state index in [1.807, 2.05) is 24.3 Å². The number of benzene rings is 3. The molecule has 7 nitrogen and oxygen atoms in total. The molecule has 3 aromatic carbocycles. The molecule has 0 aliphatic carbocycles. The number of pyridine rings is 1. The molecule has 3 N–H and O–H groups in total. The lowest BCUT2D eigenvalue weighted by Crippen LogP contribution is -2.21. The molecule has 8 heteroatoms. The minimum absolute atomic E-state index is 0.272. The number of fused-ring (bicyclic) bond motifs is 1. The van der Waals surface area contributed by atoms with Crippen LogP contribution in [0.25, 0.3) is 22.2 Å². The van der Waals surface area contributed by atoms with Gasteiger partial charge >= 0.3 is 5.97 Å². The fraction of sp³-hybridized carbons (Fsp3) is 0.0400. The number of carbonyl (C=O) groups is 3. The van der Waals surface area contributed by atoms with E-state index in [4.69, 9.17) is 22.1 Å². The summed E-state index contributed by atoms with van der Waals surface area (Å²) in [5.74, 6) is -1.76. The van der Waals surface area contributed by atoms with Crippen molar-refractivity contribution < 1.29 is 19.1 Å². The third-order valence-electron chi connectivity index (χ3n) is 4.87. The highest BCUT2D eigenvalue weighted by atomic mass is 35.5. The SMILES string of the molecule is NC(=O)c1ccc(NC(=O)COC(=O)c2cc(-c3ccccc3Cl)nc3ccccc23)cc1. The maximum Gasteiger partial charge on any atom is 0.339 e. The molecule has 4 rings (SSSR count). The number of primary amides is 1. The summed E-state index contributed by atoms with van der Waals surface area (Å²) in [6, 6.07) is 22.0. The second-order valence-electron chi connectivity index (χ2n) is 7.12. The summed E-state index contributed by atoms with van der Waals surface area (Å²) < 4.78 is 5.27. The van der Waals surface area contributed by atoms with Gasteiger partial charge in [-0.15, -0.1) is 0 Å². The molecule has 0 aliphatic rings. The number of rotatable bonds is 6. The first-order chi connectivity index (χ1) is 15.9. The number of aromatic nitrogens is 1. The van der Waals surface area contributed by atoms with Crippen molar-refractivity contribution >= 4 is 46.0 Å². The van der Waals surface area contributed by atoms with E-state index in [2.05, 4.69) is 10.3 Å². The van der Waals surface area contributed by atoms with Crippen LogP contribution in [0.5, 0.6) is 0 Å². The first kappa shape index (κ1) is 22.0. The van der Waals surface area contributed by atoms with E-state index in [-0.39, 0.29) is 5.56 Å². The quantitative estimate of drug-likeness (QED) is 0.414. The summed E-state index contributed by atoms with van der Waals surface area (Å²) in [5, 5.41) is 3.70. The molecular weight excluding hydrogens is 442 g/mol. The second-order valence-corrected chi connectivity index (χ2v) is 7.53. The Kier molecular flexibility index (Phi) is 6.33. The Morgan fingerprint density at radius 3 is 2.36 bits per heavy atom. The molecule has 4 aromatic rings. The van der Waals surface area contributed by atoms with Gasteiger partial charge in [-0.3, -0.25) is 9.59 Å². The fourth-order valence-electron chi connectivity index (χ4n) is 3.27. The predicted molar refractivity (Wildman–Crippen MR) is 126 cm³/mol. The fourth-order valence-corrected chi connectivity index (χ4v) is 3.51.